The van der Waals surface area contributed by atoms with Crippen molar-refractivity contribution in [1.82, 2.24) is 4.90 Å². The molecule has 128 valence electrons. The van der Waals surface area contributed by atoms with Crippen LogP contribution in [-0.4, -0.2) is 29.9 Å². The summed E-state index contributed by atoms with van der Waals surface area (Å²) in [6, 6.07) is 18.6. The van der Waals surface area contributed by atoms with Crippen LogP contribution in [-0.2, 0) is 17.6 Å². The van der Waals surface area contributed by atoms with Crippen molar-refractivity contribution < 1.29 is 4.79 Å². The van der Waals surface area contributed by atoms with Gasteiger partial charge in [0.2, 0.25) is 5.91 Å². The predicted octanol–water partition coefficient (Wildman–Crippen LogP) is 3.17. The summed E-state index contributed by atoms with van der Waals surface area (Å²) in [7, 11) is 0. The van der Waals surface area contributed by atoms with Crippen LogP contribution in [0.15, 0.2) is 54.6 Å². The molecule has 1 aliphatic heterocycles. The highest BCUT2D eigenvalue weighted by molar-refractivity contribution is 5.85. The molecule has 2 aromatic carbocycles. The van der Waals surface area contributed by atoms with Gasteiger partial charge in [-0.1, -0.05) is 61.5 Å². The van der Waals surface area contributed by atoms with Crippen molar-refractivity contribution in [3.63, 3.8) is 0 Å². The lowest BCUT2D eigenvalue weighted by atomic mass is 9.95. The molecule has 0 bridgehead atoms. The smallest absolute Gasteiger partial charge is 0.227 e. The summed E-state index contributed by atoms with van der Waals surface area (Å²) in [4.78, 5) is 14.5. The number of likely N-dealkylation sites (tertiary alicyclic amines) is 1. The average molecular weight is 345 g/mol. The van der Waals surface area contributed by atoms with Crippen molar-refractivity contribution in [1.29, 1.82) is 0 Å². The van der Waals surface area contributed by atoms with Crippen LogP contribution in [0.2, 0.25) is 0 Å². The Morgan fingerprint density at radius 1 is 1.04 bits per heavy atom. The SMILES string of the molecule is CCc1ccc(CC(=O)N2C[C@@H](N)[C@H](c3ccccc3)C2)cc1.Cl. The monoisotopic (exact) mass is 344 g/mol. The normalized spacial score (nSPS) is 19.8. The number of carbonyl (C=O) groups excluding carboxylic acids is 1. The zero-order valence-electron chi connectivity index (χ0n) is 14.0. The molecule has 0 radical (unpaired) electrons. The van der Waals surface area contributed by atoms with Gasteiger partial charge in [0.15, 0.2) is 0 Å². The number of aryl methyl sites for hydroxylation is 1. The van der Waals surface area contributed by atoms with Gasteiger partial charge in [0.1, 0.15) is 0 Å². The maximum Gasteiger partial charge on any atom is 0.227 e. The Kier molecular flexibility index (Phi) is 6.41. The van der Waals surface area contributed by atoms with E-state index in [2.05, 4.69) is 43.3 Å². The Labute approximate surface area is 150 Å². The quantitative estimate of drug-likeness (QED) is 0.926. The Balaban J connectivity index is 0.00000208. The van der Waals surface area contributed by atoms with E-state index >= 15 is 0 Å². The fraction of sp³-hybridized carbons (Fsp3) is 0.350. The van der Waals surface area contributed by atoms with Gasteiger partial charge in [-0.2, -0.15) is 0 Å². The van der Waals surface area contributed by atoms with E-state index in [4.69, 9.17) is 5.73 Å². The van der Waals surface area contributed by atoms with Crippen molar-refractivity contribution >= 4 is 18.3 Å². The lowest BCUT2D eigenvalue weighted by molar-refractivity contribution is -0.129. The molecule has 0 saturated carbocycles. The Hall–Kier alpha value is -1.84. The minimum Gasteiger partial charge on any atom is -0.340 e. The van der Waals surface area contributed by atoms with Crippen LogP contribution in [0.1, 0.15) is 29.5 Å². The molecule has 2 aromatic rings. The molecular weight excluding hydrogens is 320 g/mol. The van der Waals surface area contributed by atoms with E-state index in [-0.39, 0.29) is 30.3 Å². The third-order valence-electron chi connectivity index (χ3n) is 4.73. The second-order valence-electron chi connectivity index (χ2n) is 6.33. The van der Waals surface area contributed by atoms with Crippen LogP contribution in [0, 0.1) is 0 Å². The summed E-state index contributed by atoms with van der Waals surface area (Å²) in [5, 5.41) is 0. The van der Waals surface area contributed by atoms with E-state index in [0.29, 0.717) is 13.0 Å². The number of halogens is 1. The zero-order chi connectivity index (χ0) is 16.2. The molecule has 2 N–H and O–H groups in total. The van der Waals surface area contributed by atoms with Crippen molar-refractivity contribution in [2.45, 2.75) is 31.7 Å². The fourth-order valence-electron chi connectivity index (χ4n) is 3.26. The topological polar surface area (TPSA) is 46.3 Å². The molecule has 1 heterocycles. The number of amides is 1. The molecule has 2 atom stereocenters. The van der Waals surface area contributed by atoms with E-state index in [1.54, 1.807) is 0 Å². The first-order chi connectivity index (χ1) is 11.2. The molecule has 3 rings (SSSR count). The van der Waals surface area contributed by atoms with Crippen molar-refractivity contribution in [3.8, 4) is 0 Å². The Morgan fingerprint density at radius 3 is 2.29 bits per heavy atom. The molecule has 1 aliphatic rings. The minimum absolute atomic E-state index is 0. The van der Waals surface area contributed by atoms with Gasteiger partial charge in [-0.25, -0.2) is 0 Å². The molecule has 1 amide bonds. The first-order valence-corrected chi connectivity index (χ1v) is 8.33. The second-order valence-corrected chi connectivity index (χ2v) is 6.33. The molecule has 0 spiro atoms. The van der Waals surface area contributed by atoms with Gasteiger partial charge in [-0.05, 0) is 23.1 Å². The maximum atomic E-state index is 12.6. The van der Waals surface area contributed by atoms with Crippen LogP contribution in [0.5, 0.6) is 0 Å². The summed E-state index contributed by atoms with van der Waals surface area (Å²) >= 11 is 0. The van der Waals surface area contributed by atoms with E-state index in [0.717, 1.165) is 18.5 Å². The van der Waals surface area contributed by atoms with Crippen molar-refractivity contribution in [2.24, 2.45) is 5.73 Å². The number of carbonyl (C=O) groups is 1. The van der Waals surface area contributed by atoms with Gasteiger partial charge < -0.3 is 10.6 Å². The van der Waals surface area contributed by atoms with E-state index in [1.807, 2.05) is 23.1 Å². The first-order valence-electron chi connectivity index (χ1n) is 8.33. The first kappa shape index (κ1) is 18.5. The molecule has 24 heavy (non-hydrogen) atoms. The predicted molar refractivity (Wildman–Crippen MR) is 101 cm³/mol. The standard InChI is InChI=1S/C20H24N2O.ClH/c1-2-15-8-10-16(11-9-15)12-20(23)22-13-18(19(21)14-22)17-6-4-3-5-7-17;/h3-11,18-19H,2,12-14,21H2,1H3;1H/t18-,19+;/m0./s1. The number of hydrogen-bond donors (Lipinski definition) is 1. The van der Waals surface area contributed by atoms with Crippen LogP contribution in [0.3, 0.4) is 0 Å². The largest absolute Gasteiger partial charge is 0.340 e. The molecule has 0 aromatic heterocycles. The third kappa shape index (κ3) is 4.16. The molecule has 3 nitrogen and oxygen atoms in total. The summed E-state index contributed by atoms with van der Waals surface area (Å²) in [6.07, 6.45) is 1.48. The number of hydrogen-bond acceptors (Lipinski definition) is 2. The Bertz CT molecular complexity index is 657. The second kappa shape index (κ2) is 8.32. The van der Waals surface area contributed by atoms with E-state index in [9.17, 15) is 4.79 Å². The number of rotatable bonds is 4. The van der Waals surface area contributed by atoms with Crippen LogP contribution < -0.4 is 5.73 Å². The van der Waals surface area contributed by atoms with Gasteiger partial charge in [-0.15, -0.1) is 12.4 Å². The van der Waals surface area contributed by atoms with Crippen molar-refractivity contribution in [2.75, 3.05) is 13.1 Å². The lowest BCUT2D eigenvalue weighted by Gasteiger charge is -2.16. The number of nitrogens with zero attached hydrogens (tertiary/aromatic N) is 1. The summed E-state index contributed by atoms with van der Waals surface area (Å²) in [5.74, 6) is 0.408. The molecule has 1 fully saturated rings. The maximum absolute atomic E-state index is 12.6. The van der Waals surface area contributed by atoms with Gasteiger partial charge in [-0.3, -0.25) is 4.79 Å². The van der Waals surface area contributed by atoms with Gasteiger partial charge in [0, 0.05) is 25.0 Å². The van der Waals surface area contributed by atoms with E-state index in [1.165, 1.54) is 11.1 Å². The number of nitrogens with two attached hydrogens (primary N) is 1. The summed E-state index contributed by atoms with van der Waals surface area (Å²) < 4.78 is 0. The third-order valence-corrected chi connectivity index (χ3v) is 4.73. The van der Waals surface area contributed by atoms with Gasteiger partial charge >= 0.3 is 0 Å². The average Bonchev–Trinajstić information content (AvgIpc) is 2.98. The Morgan fingerprint density at radius 2 is 1.67 bits per heavy atom. The van der Waals surface area contributed by atoms with E-state index < -0.39 is 0 Å². The molecule has 0 unspecified atom stereocenters. The zero-order valence-corrected chi connectivity index (χ0v) is 14.8. The minimum atomic E-state index is 0. The van der Waals surface area contributed by atoms with Crippen LogP contribution in [0.25, 0.3) is 0 Å². The molecule has 0 aliphatic carbocycles. The number of benzene rings is 2. The summed E-state index contributed by atoms with van der Waals surface area (Å²) in [6.45, 7) is 3.50. The molecule has 4 heteroatoms. The molecule has 1 saturated heterocycles. The highest BCUT2D eigenvalue weighted by Crippen LogP contribution is 2.26. The molecular formula is C20H25ClN2O. The summed E-state index contributed by atoms with van der Waals surface area (Å²) in [5.41, 5.74) is 9.87. The van der Waals surface area contributed by atoms with Gasteiger partial charge in [0.25, 0.3) is 0 Å². The lowest BCUT2D eigenvalue weighted by Crippen LogP contribution is -2.33. The van der Waals surface area contributed by atoms with Crippen LogP contribution >= 0.6 is 12.4 Å². The fourth-order valence-corrected chi connectivity index (χ4v) is 3.26. The highest BCUT2D eigenvalue weighted by Gasteiger charge is 2.33. The van der Waals surface area contributed by atoms with Crippen molar-refractivity contribution in [3.05, 3.63) is 71.3 Å². The highest BCUT2D eigenvalue weighted by atomic mass is 35.5. The van der Waals surface area contributed by atoms with Gasteiger partial charge in [0.05, 0.1) is 6.42 Å². The van der Waals surface area contributed by atoms with Crippen LogP contribution in [0.4, 0.5) is 0 Å².